The number of aromatic nitrogens is 2. The van der Waals surface area contributed by atoms with Crippen molar-refractivity contribution in [1.29, 1.82) is 0 Å². The van der Waals surface area contributed by atoms with Crippen molar-refractivity contribution in [2.24, 2.45) is 0 Å². The van der Waals surface area contributed by atoms with Gasteiger partial charge < -0.3 is 10.1 Å². The number of hydrogen-bond donors (Lipinski definition) is 1. The van der Waals surface area contributed by atoms with Crippen molar-refractivity contribution in [2.75, 3.05) is 5.32 Å². The molecule has 112 valence electrons. The van der Waals surface area contributed by atoms with Gasteiger partial charge >= 0.3 is 0 Å². The van der Waals surface area contributed by atoms with Crippen LogP contribution in [0, 0.1) is 0 Å². The Labute approximate surface area is 126 Å². The summed E-state index contributed by atoms with van der Waals surface area (Å²) in [5, 5.41) is 7.78. The number of nitrogens with one attached hydrogen (secondary N) is 1. The standard InChI is InChI=1S/C17H23N3O/c1-12(2)20-11-15(10-19-20)18-9-14-7-5-6-13-8-17(3,4)21-16(13)14/h5-7,10-12,18H,8-9H2,1-4H3. The zero-order chi connectivity index (χ0) is 15.0. The number of benzene rings is 1. The number of hydrogen-bond acceptors (Lipinski definition) is 3. The van der Waals surface area contributed by atoms with Gasteiger partial charge in [0.2, 0.25) is 0 Å². The van der Waals surface area contributed by atoms with Crippen molar-refractivity contribution in [1.82, 2.24) is 9.78 Å². The van der Waals surface area contributed by atoms with Gasteiger partial charge in [-0.3, -0.25) is 4.68 Å². The van der Waals surface area contributed by atoms with Crippen molar-refractivity contribution >= 4 is 5.69 Å². The molecule has 4 nitrogen and oxygen atoms in total. The van der Waals surface area contributed by atoms with E-state index in [0.717, 1.165) is 24.4 Å². The summed E-state index contributed by atoms with van der Waals surface area (Å²) in [6, 6.07) is 6.77. The van der Waals surface area contributed by atoms with E-state index in [2.05, 4.69) is 56.3 Å². The van der Waals surface area contributed by atoms with Crippen molar-refractivity contribution in [3.05, 3.63) is 41.7 Å². The van der Waals surface area contributed by atoms with E-state index in [1.807, 2.05) is 17.1 Å². The molecule has 0 saturated heterocycles. The molecule has 0 amide bonds. The number of fused-ring (bicyclic) bond motifs is 1. The summed E-state index contributed by atoms with van der Waals surface area (Å²) in [6.45, 7) is 9.27. The molecule has 21 heavy (non-hydrogen) atoms. The number of nitrogens with zero attached hydrogens (tertiary/aromatic N) is 2. The van der Waals surface area contributed by atoms with Gasteiger partial charge in [-0.05, 0) is 33.3 Å². The molecule has 1 N–H and O–H groups in total. The SMILES string of the molecule is CC(C)n1cc(NCc2cccc3c2OC(C)(C)C3)cn1. The van der Waals surface area contributed by atoms with Gasteiger partial charge in [0.25, 0.3) is 0 Å². The Morgan fingerprint density at radius 3 is 2.90 bits per heavy atom. The molecule has 0 saturated carbocycles. The second-order valence-electron chi connectivity index (χ2n) is 6.60. The lowest BCUT2D eigenvalue weighted by molar-refractivity contribution is 0.137. The maximum Gasteiger partial charge on any atom is 0.128 e. The Bertz CT molecular complexity index is 643. The van der Waals surface area contributed by atoms with Crippen LogP contribution >= 0.6 is 0 Å². The van der Waals surface area contributed by atoms with Crippen molar-refractivity contribution < 1.29 is 4.74 Å². The molecule has 0 aliphatic carbocycles. The van der Waals surface area contributed by atoms with Crippen LogP contribution in [0.4, 0.5) is 5.69 Å². The van der Waals surface area contributed by atoms with Crippen LogP contribution in [0.2, 0.25) is 0 Å². The average Bonchev–Trinajstić information content (AvgIpc) is 2.98. The molecule has 0 unspecified atom stereocenters. The average molecular weight is 285 g/mol. The van der Waals surface area contributed by atoms with Crippen LogP contribution in [0.5, 0.6) is 5.75 Å². The van der Waals surface area contributed by atoms with Gasteiger partial charge in [-0.25, -0.2) is 0 Å². The van der Waals surface area contributed by atoms with Crippen LogP contribution in [0.3, 0.4) is 0 Å². The summed E-state index contributed by atoms with van der Waals surface area (Å²) in [5.41, 5.74) is 3.45. The highest BCUT2D eigenvalue weighted by Gasteiger charge is 2.31. The quantitative estimate of drug-likeness (QED) is 0.929. The smallest absolute Gasteiger partial charge is 0.128 e. The summed E-state index contributed by atoms with van der Waals surface area (Å²) in [5.74, 6) is 1.05. The van der Waals surface area contributed by atoms with Crippen LogP contribution in [0.15, 0.2) is 30.6 Å². The summed E-state index contributed by atoms with van der Waals surface area (Å²) < 4.78 is 8.05. The summed E-state index contributed by atoms with van der Waals surface area (Å²) >= 11 is 0. The molecule has 0 fully saturated rings. The van der Waals surface area contributed by atoms with E-state index in [0.29, 0.717) is 6.04 Å². The topological polar surface area (TPSA) is 39.1 Å². The van der Waals surface area contributed by atoms with E-state index in [1.54, 1.807) is 0 Å². The summed E-state index contributed by atoms with van der Waals surface area (Å²) in [4.78, 5) is 0. The molecule has 0 atom stereocenters. The molecule has 2 heterocycles. The van der Waals surface area contributed by atoms with E-state index in [1.165, 1.54) is 11.1 Å². The minimum atomic E-state index is -0.0963. The first kappa shape index (κ1) is 14.0. The fourth-order valence-corrected chi connectivity index (χ4v) is 2.73. The lowest BCUT2D eigenvalue weighted by Gasteiger charge is -2.18. The van der Waals surface area contributed by atoms with Crippen LogP contribution in [-0.2, 0) is 13.0 Å². The van der Waals surface area contributed by atoms with Crippen LogP contribution in [0.1, 0.15) is 44.9 Å². The highest BCUT2D eigenvalue weighted by Crippen LogP contribution is 2.37. The minimum Gasteiger partial charge on any atom is -0.487 e. The van der Waals surface area contributed by atoms with E-state index >= 15 is 0 Å². The molecular formula is C17H23N3O. The third-order valence-electron chi connectivity index (χ3n) is 3.79. The Kier molecular flexibility index (Phi) is 3.40. The molecule has 1 aliphatic heterocycles. The number of anilines is 1. The molecule has 2 aromatic rings. The number of ether oxygens (including phenoxy) is 1. The maximum absolute atomic E-state index is 6.10. The van der Waals surface area contributed by atoms with E-state index < -0.39 is 0 Å². The van der Waals surface area contributed by atoms with E-state index in [4.69, 9.17) is 4.74 Å². The molecular weight excluding hydrogens is 262 g/mol. The second-order valence-corrected chi connectivity index (χ2v) is 6.60. The number of rotatable bonds is 4. The van der Waals surface area contributed by atoms with Crippen LogP contribution < -0.4 is 10.1 Å². The van der Waals surface area contributed by atoms with Gasteiger partial charge in [0, 0.05) is 30.8 Å². The second kappa shape index (κ2) is 5.10. The Balaban J connectivity index is 1.73. The van der Waals surface area contributed by atoms with Crippen LogP contribution in [-0.4, -0.2) is 15.4 Å². The predicted molar refractivity (Wildman–Crippen MR) is 84.8 cm³/mol. The molecule has 1 aromatic carbocycles. The fourth-order valence-electron chi connectivity index (χ4n) is 2.73. The van der Waals surface area contributed by atoms with E-state index in [-0.39, 0.29) is 5.60 Å². The Hall–Kier alpha value is -1.97. The molecule has 3 rings (SSSR count). The lowest BCUT2D eigenvalue weighted by Crippen LogP contribution is -2.25. The zero-order valence-electron chi connectivity index (χ0n) is 13.2. The van der Waals surface area contributed by atoms with Gasteiger partial charge in [0.05, 0.1) is 11.9 Å². The largest absolute Gasteiger partial charge is 0.487 e. The van der Waals surface area contributed by atoms with Crippen molar-refractivity contribution in [2.45, 2.75) is 52.3 Å². The zero-order valence-corrected chi connectivity index (χ0v) is 13.2. The first-order valence-corrected chi connectivity index (χ1v) is 7.52. The highest BCUT2D eigenvalue weighted by molar-refractivity contribution is 5.48. The normalized spacial score (nSPS) is 15.9. The molecule has 4 heteroatoms. The van der Waals surface area contributed by atoms with Crippen LogP contribution in [0.25, 0.3) is 0 Å². The highest BCUT2D eigenvalue weighted by atomic mass is 16.5. The van der Waals surface area contributed by atoms with Crippen molar-refractivity contribution in [3.8, 4) is 5.75 Å². The first-order chi connectivity index (χ1) is 9.94. The predicted octanol–water partition coefficient (Wildman–Crippen LogP) is 3.79. The molecule has 1 aliphatic rings. The van der Waals surface area contributed by atoms with Gasteiger partial charge in [-0.2, -0.15) is 5.10 Å². The van der Waals surface area contributed by atoms with E-state index in [9.17, 15) is 0 Å². The third kappa shape index (κ3) is 2.89. The monoisotopic (exact) mass is 285 g/mol. The molecule has 1 aromatic heterocycles. The van der Waals surface area contributed by atoms with Gasteiger partial charge in [0.1, 0.15) is 11.4 Å². The van der Waals surface area contributed by atoms with Gasteiger partial charge in [-0.15, -0.1) is 0 Å². The molecule has 0 bridgehead atoms. The molecule has 0 radical (unpaired) electrons. The van der Waals surface area contributed by atoms with Gasteiger partial charge in [0.15, 0.2) is 0 Å². The Morgan fingerprint density at radius 2 is 2.19 bits per heavy atom. The fraction of sp³-hybridized carbons (Fsp3) is 0.471. The Morgan fingerprint density at radius 1 is 1.38 bits per heavy atom. The third-order valence-corrected chi connectivity index (χ3v) is 3.79. The summed E-state index contributed by atoms with van der Waals surface area (Å²) in [7, 11) is 0. The van der Waals surface area contributed by atoms with Crippen molar-refractivity contribution in [3.63, 3.8) is 0 Å². The lowest BCUT2D eigenvalue weighted by atomic mass is 10.0. The minimum absolute atomic E-state index is 0.0963. The molecule has 0 spiro atoms. The summed E-state index contributed by atoms with van der Waals surface area (Å²) in [6.07, 6.45) is 4.88. The maximum atomic E-state index is 6.10. The first-order valence-electron chi connectivity index (χ1n) is 7.52. The number of para-hydroxylation sites is 1. The van der Waals surface area contributed by atoms with Gasteiger partial charge in [-0.1, -0.05) is 18.2 Å².